The molecule has 0 radical (unpaired) electrons. The molecule has 1 saturated heterocycles. The van der Waals surface area contributed by atoms with Crippen molar-refractivity contribution in [2.45, 2.75) is 64.0 Å². The topological polar surface area (TPSA) is 32.3 Å². The van der Waals surface area contributed by atoms with E-state index in [0.29, 0.717) is 6.04 Å². The van der Waals surface area contributed by atoms with E-state index in [1.807, 2.05) is 0 Å². The molecule has 1 saturated carbocycles. The van der Waals surface area contributed by atoms with E-state index in [2.05, 4.69) is 12.2 Å². The molecule has 1 heterocycles. The van der Waals surface area contributed by atoms with Gasteiger partial charge >= 0.3 is 0 Å². The van der Waals surface area contributed by atoms with E-state index in [1.54, 1.807) is 0 Å². The zero-order valence-corrected chi connectivity index (χ0v) is 9.91. The highest BCUT2D eigenvalue weighted by molar-refractivity contribution is 4.91. The van der Waals surface area contributed by atoms with Crippen LogP contribution in [0.2, 0.25) is 0 Å². The summed E-state index contributed by atoms with van der Waals surface area (Å²) in [7, 11) is 0. The van der Waals surface area contributed by atoms with Crippen LogP contribution in [0.5, 0.6) is 0 Å². The number of hydrogen-bond donors (Lipinski definition) is 2. The van der Waals surface area contributed by atoms with Gasteiger partial charge in [-0.2, -0.15) is 0 Å². The van der Waals surface area contributed by atoms with Gasteiger partial charge in [0.2, 0.25) is 0 Å². The Morgan fingerprint density at radius 3 is 2.87 bits per heavy atom. The van der Waals surface area contributed by atoms with Crippen LogP contribution in [0.1, 0.15) is 51.9 Å². The van der Waals surface area contributed by atoms with Crippen molar-refractivity contribution in [3.8, 4) is 0 Å². The van der Waals surface area contributed by atoms with Crippen LogP contribution in [-0.2, 0) is 0 Å². The molecule has 15 heavy (non-hydrogen) atoms. The molecule has 0 bridgehead atoms. The zero-order chi connectivity index (χ0) is 10.7. The van der Waals surface area contributed by atoms with Crippen LogP contribution >= 0.6 is 0 Å². The van der Waals surface area contributed by atoms with E-state index in [1.165, 1.54) is 38.6 Å². The molecular formula is C13H25NO. The fraction of sp³-hybridized carbons (Fsp3) is 1.00. The lowest BCUT2D eigenvalue weighted by atomic mass is 9.71. The molecule has 2 fully saturated rings. The van der Waals surface area contributed by atoms with Crippen LogP contribution in [-0.4, -0.2) is 23.8 Å². The average Bonchev–Trinajstić information content (AvgIpc) is 2.29. The van der Waals surface area contributed by atoms with E-state index in [9.17, 15) is 5.11 Å². The van der Waals surface area contributed by atoms with Gasteiger partial charge in [0, 0.05) is 6.04 Å². The molecular weight excluding hydrogens is 186 g/mol. The van der Waals surface area contributed by atoms with Crippen molar-refractivity contribution in [2.24, 2.45) is 11.8 Å². The first-order valence-electron chi connectivity index (χ1n) is 6.72. The van der Waals surface area contributed by atoms with Crippen molar-refractivity contribution in [1.82, 2.24) is 5.32 Å². The third-order valence-corrected chi connectivity index (χ3v) is 4.34. The lowest BCUT2D eigenvalue weighted by Gasteiger charge is -2.42. The maximum Gasteiger partial charge on any atom is 0.0540 e. The summed E-state index contributed by atoms with van der Waals surface area (Å²) in [6.07, 6.45) is 8.74. The molecule has 0 unspecified atom stereocenters. The maximum absolute atomic E-state index is 9.77. The lowest BCUT2D eigenvalue weighted by Crippen LogP contribution is -2.49. The van der Waals surface area contributed by atoms with Crippen LogP contribution in [0.15, 0.2) is 0 Å². The van der Waals surface area contributed by atoms with E-state index in [0.717, 1.165) is 24.7 Å². The monoisotopic (exact) mass is 211 g/mol. The molecule has 1 aliphatic carbocycles. The second-order valence-corrected chi connectivity index (χ2v) is 5.37. The Morgan fingerprint density at radius 2 is 2.07 bits per heavy atom. The van der Waals surface area contributed by atoms with E-state index in [4.69, 9.17) is 0 Å². The summed E-state index contributed by atoms with van der Waals surface area (Å²) in [6.45, 7) is 3.28. The van der Waals surface area contributed by atoms with Crippen molar-refractivity contribution in [3.05, 3.63) is 0 Å². The number of hydrogen-bond acceptors (Lipinski definition) is 2. The average molecular weight is 211 g/mol. The van der Waals surface area contributed by atoms with Crippen LogP contribution in [0.25, 0.3) is 0 Å². The van der Waals surface area contributed by atoms with Crippen molar-refractivity contribution < 1.29 is 5.11 Å². The van der Waals surface area contributed by atoms with E-state index >= 15 is 0 Å². The quantitative estimate of drug-likeness (QED) is 0.751. The maximum atomic E-state index is 9.77. The lowest BCUT2D eigenvalue weighted by molar-refractivity contribution is 0.0797. The molecule has 0 spiro atoms. The van der Waals surface area contributed by atoms with Gasteiger partial charge in [0.15, 0.2) is 0 Å². The number of piperidine rings is 1. The molecule has 88 valence electrons. The molecule has 4 atom stereocenters. The fourth-order valence-electron chi connectivity index (χ4n) is 3.46. The van der Waals surface area contributed by atoms with Crippen molar-refractivity contribution in [1.29, 1.82) is 0 Å². The Balaban J connectivity index is 1.91. The standard InChI is InChI=1S/C13H25NO/c1-2-12(15)9-11-6-3-5-10-7-4-8-14-13(10)11/h10-15H,2-9H2,1H3/t10-,11-,12+,13+/m0/s1. The second kappa shape index (κ2) is 5.31. The zero-order valence-electron chi connectivity index (χ0n) is 9.91. The summed E-state index contributed by atoms with van der Waals surface area (Å²) < 4.78 is 0. The van der Waals surface area contributed by atoms with Gasteiger partial charge in [-0.1, -0.05) is 13.3 Å². The fourth-order valence-corrected chi connectivity index (χ4v) is 3.46. The summed E-state index contributed by atoms with van der Waals surface area (Å²) >= 11 is 0. The predicted molar refractivity (Wildman–Crippen MR) is 62.8 cm³/mol. The molecule has 2 heteroatoms. The van der Waals surface area contributed by atoms with Crippen LogP contribution in [0.3, 0.4) is 0 Å². The Kier molecular flexibility index (Phi) is 4.04. The minimum Gasteiger partial charge on any atom is -0.393 e. The summed E-state index contributed by atoms with van der Waals surface area (Å²) in [4.78, 5) is 0. The summed E-state index contributed by atoms with van der Waals surface area (Å²) in [5, 5.41) is 13.5. The molecule has 2 nitrogen and oxygen atoms in total. The smallest absolute Gasteiger partial charge is 0.0540 e. The second-order valence-electron chi connectivity index (χ2n) is 5.37. The van der Waals surface area contributed by atoms with Gasteiger partial charge in [-0.3, -0.25) is 0 Å². The highest BCUT2D eigenvalue weighted by atomic mass is 16.3. The number of aliphatic hydroxyl groups is 1. The van der Waals surface area contributed by atoms with Gasteiger partial charge in [0.25, 0.3) is 0 Å². The molecule has 0 aromatic rings. The highest BCUT2D eigenvalue weighted by Gasteiger charge is 2.35. The van der Waals surface area contributed by atoms with Gasteiger partial charge in [-0.05, 0) is 56.9 Å². The summed E-state index contributed by atoms with van der Waals surface area (Å²) in [5.41, 5.74) is 0. The number of nitrogens with one attached hydrogen (secondary N) is 1. The predicted octanol–water partition coefficient (Wildman–Crippen LogP) is 2.32. The first-order valence-corrected chi connectivity index (χ1v) is 6.72. The van der Waals surface area contributed by atoms with Gasteiger partial charge < -0.3 is 10.4 Å². The largest absolute Gasteiger partial charge is 0.393 e. The Hall–Kier alpha value is -0.0800. The molecule has 0 aromatic heterocycles. The molecule has 0 aromatic carbocycles. The summed E-state index contributed by atoms with van der Waals surface area (Å²) in [5.74, 6) is 1.64. The first kappa shape index (κ1) is 11.4. The SMILES string of the molecule is CC[C@@H](O)C[C@@H]1CCC[C@H]2CCCN[C@H]21. The van der Waals surface area contributed by atoms with Gasteiger partial charge in [0.05, 0.1) is 6.10 Å². The van der Waals surface area contributed by atoms with Gasteiger partial charge in [-0.25, -0.2) is 0 Å². The minimum atomic E-state index is -0.0718. The number of rotatable bonds is 3. The molecule has 2 aliphatic rings. The number of aliphatic hydroxyl groups excluding tert-OH is 1. The van der Waals surface area contributed by atoms with Gasteiger partial charge in [0.1, 0.15) is 0 Å². The van der Waals surface area contributed by atoms with E-state index in [-0.39, 0.29) is 6.10 Å². The van der Waals surface area contributed by atoms with Crippen LogP contribution < -0.4 is 5.32 Å². The highest BCUT2D eigenvalue weighted by Crippen LogP contribution is 2.36. The Morgan fingerprint density at radius 1 is 1.27 bits per heavy atom. The third-order valence-electron chi connectivity index (χ3n) is 4.34. The molecule has 1 aliphatic heterocycles. The van der Waals surface area contributed by atoms with Crippen molar-refractivity contribution in [2.75, 3.05) is 6.54 Å². The third kappa shape index (κ3) is 2.73. The van der Waals surface area contributed by atoms with Crippen molar-refractivity contribution in [3.63, 3.8) is 0 Å². The Labute approximate surface area is 93.5 Å². The summed E-state index contributed by atoms with van der Waals surface area (Å²) in [6, 6.07) is 0.716. The molecule has 0 amide bonds. The van der Waals surface area contributed by atoms with Crippen LogP contribution in [0, 0.1) is 11.8 Å². The first-order chi connectivity index (χ1) is 7.31. The van der Waals surface area contributed by atoms with Gasteiger partial charge in [-0.15, -0.1) is 0 Å². The van der Waals surface area contributed by atoms with Crippen molar-refractivity contribution >= 4 is 0 Å². The number of fused-ring (bicyclic) bond motifs is 1. The normalized spacial score (nSPS) is 38.4. The molecule has 2 rings (SSSR count). The molecule has 2 N–H and O–H groups in total. The minimum absolute atomic E-state index is 0.0718. The Bertz CT molecular complexity index is 193. The van der Waals surface area contributed by atoms with E-state index < -0.39 is 0 Å². The van der Waals surface area contributed by atoms with Crippen LogP contribution in [0.4, 0.5) is 0 Å².